The molecule has 140 valence electrons. The van der Waals surface area contributed by atoms with Gasteiger partial charge < -0.3 is 9.47 Å². The zero-order valence-corrected chi connectivity index (χ0v) is 16.8. The summed E-state index contributed by atoms with van der Waals surface area (Å²) in [5, 5.41) is 0. The van der Waals surface area contributed by atoms with Crippen LogP contribution in [-0.4, -0.2) is 29.7 Å². The minimum Gasteiger partial charge on any atom is -0.481 e. The lowest BCUT2D eigenvalue weighted by molar-refractivity contribution is -0.156. The van der Waals surface area contributed by atoms with Crippen molar-refractivity contribution in [2.24, 2.45) is 0 Å². The first-order chi connectivity index (χ1) is 12.5. The number of ether oxygens (including phenoxy) is 2. The molecule has 0 radical (unpaired) electrons. The van der Waals surface area contributed by atoms with E-state index in [0.717, 1.165) is 42.6 Å². The van der Waals surface area contributed by atoms with Gasteiger partial charge in [-0.1, -0.05) is 5.92 Å². The van der Waals surface area contributed by atoms with Gasteiger partial charge in [-0.05, 0) is 82.1 Å². The maximum atomic E-state index is 12.2. The van der Waals surface area contributed by atoms with Crippen LogP contribution in [0.3, 0.4) is 0 Å². The SMILES string of the molecule is C#CC1(OC(=O)COc2c(C)cc([S+]3CCCCC3)cc2C)CCCC1. The number of hydrogen-bond acceptors (Lipinski definition) is 3. The summed E-state index contributed by atoms with van der Waals surface area (Å²) in [6, 6.07) is 4.48. The van der Waals surface area contributed by atoms with Gasteiger partial charge >= 0.3 is 5.97 Å². The van der Waals surface area contributed by atoms with Crippen molar-refractivity contribution in [2.45, 2.75) is 69.3 Å². The van der Waals surface area contributed by atoms with Crippen LogP contribution in [-0.2, 0) is 20.4 Å². The number of hydrogen-bond donors (Lipinski definition) is 0. The quantitative estimate of drug-likeness (QED) is 0.438. The van der Waals surface area contributed by atoms with Crippen LogP contribution in [0.1, 0.15) is 56.1 Å². The maximum absolute atomic E-state index is 12.2. The molecule has 0 spiro atoms. The van der Waals surface area contributed by atoms with Crippen LogP contribution in [0.25, 0.3) is 0 Å². The number of esters is 1. The molecule has 0 unspecified atom stereocenters. The third-order valence-corrected chi connectivity index (χ3v) is 7.83. The first-order valence-electron chi connectivity index (χ1n) is 9.64. The molecular weight excluding hydrogens is 344 g/mol. The molecule has 3 nitrogen and oxygen atoms in total. The molecule has 1 saturated carbocycles. The van der Waals surface area contributed by atoms with Gasteiger partial charge in [-0.2, -0.15) is 0 Å². The van der Waals surface area contributed by atoms with Crippen LogP contribution in [0.4, 0.5) is 0 Å². The fourth-order valence-electron chi connectivity index (χ4n) is 3.97. The van der Waals surface area contributed by atoms with E-state index in [1.54, 1.807) is 0 Å². The standard InChI is InChI=1S/C22H29O3S/c1-4-22(10-6-7-11-22)25-20(23)16-24-21-17(2)14-19(15-18(21)3)26-12-8-5-9-13-26/h1,14-15H,5-13,16H2,2-3H3/q+1. The van der Waals surface area contributed by atoms with Crippen molar-refractivity contribution in [1.82, 2.24) is 0 Å². The largest absolute Gasteiger partial charge is 0.481 e. The lowest BCUT2D eigenvalue weighted by Crippen LogP contribution is -2.32. The number of rotatable bonds is 5. The van der Waals surface area contributed by atoms with E-state index in [0.29, 0.717) is 10.9 Å². The Hall–Kier alpha value is -1.60. The van der Waals surface area contributed by atoms with Crippen molar-refractivity contribution in [1.29, 1.82) is 0 Å². The van der Waals surface area contributed by atoms with Crippen LogP contribution < -0.4 is 4.74 Å². The fourth-order valence-corrected chi connectivity index (χ4v) is 6.44. The highest BCUT2D eigenvalue weighted by Crippen LogP contribution is 2.33. The summed E-state index contributed by atoms with van der Waals surface area (Å²) in [7, 11) is 0.371. The van der Waals surface area contributed by atoms with E-state index >= 15 is 0 Å². The van der Waals surface area contributed by atoms with Crippen molar-refractivity contribution in [3.05, 3.63) is 23.3 Å². The van der Waals surface area contributed by atoms with Gasteiger partial charge in [-0.25, -0.2) is 4.79 Å². The Labute approximate surface area is 160 Å². The fraction of sp³-hybridized carbons (Fsp3) is 0.591. The average Bonchev–Trinajstić information content (AvgIpc) is 3.10. The molecule has 1 aliphatic carbocycles. The normalized spacial score (nSPS) is 19.7. The third kappa shape index (κ3) is 4.38. The first kappa shape index (κ1) is 19.2. The Morgan fingerprint density at radius 1 is 1.12 bits per heavy atom. The van der Waals surface area contributed by atoms with Gasteiger partial charge in [0.15, 0.2) is 17.1 Å². The van der Waals surface area contributed by atoms with Crippen LogP contribution >= 0.6 is 0 Å². The molecule has 0 amide bonds. The molecule has 3 rings (SSSR count). The highest BCUT2D eigenvalue weighted by molar-refractivity contribution is 7.96. The highest BCUT2D eigenvalue weighted by atomic mass is 32.2. The minimum absolute atomic E-state index is 0.0871. The molecule has 0 aromatic heterocycles. The number of terminal acetylenes is 1. The molecule has 0 bridgehead atoms. The van der Waals surface area contributed by atoms with E-state index in [1.165, 1.54) is 35.7 Å². The number of benzene rings is 1. The third-order valence-electron chi connectivity index (χ3n) is 5.37. The summed E-state index contributed by atoms with van der Waals surface area (Å²) < 4.78 is 11.4. The smallest absolute Gasteiger partial charge is 0.345 e. The van der Waals surface area contributed by atoms with Crippen molar-refractivity contribution in [3.8, 4) is 18.1 Å². The lowest BCUT2D eigenvalue weighted by atomic mass is 10.0. The molecule has 2 fully saturated rings. The van der Waals surface area contributed by atoms with Gasteiger partial charge in [0.25, 0.3) is 0 Å². The lowest BCUT2D eigenvalue weighted by Gasteiger charge is -2.23. The van der Waals surface area contributed by atoms with E-state index in [1.807, 2.05) is 0 Å². The van der Waals surface area contributed by atoms with E-state index in [9.17, 15) is 4.79 Å². The average molecular weight is 374 g/mol. The first-order valence-corrected chi connectivity index (χ1v) is 11.2. The summed E-state index contributed by atoms with van der Waals surface area (Å²) in [6.45, 7) is 4.03. The predicted molar refractivity (Wildman–Crippen MR) is 107 cm³/mol. The maximum Gasteiger partial charge on any atom is 0.345 e. The summed E-state index contributed by atoms with van der Waals surface area (Å²) in [4.78, 5) is 13.7. The van der Waals surface area contributed by atoms with E-state index < -0.39 is 5.60 Å². The Kier molecular flexibility index (Phi) is 6.19. The van der Waals surface area contributed by atoms with Crippen molar-refractivity contribution >= 4 is 16.9 Å². The molecule has 1 saturated heterocycles. The van der Waals surface area contributed by atoms with E-state index in [-0.39, 0.29) is 12.6 Å². The van der Waals surface area contributed by atoms with Crippen LogP contribution in [0.15, 0.2) is 17.0 Å². The van der Waals surface area contributed by atoms with Gasteiger partial charge in [-0.15, -0.1) is 6.42 Å². The van der Waals surface area contributed by atoms with E-state index in [2.05, 4.69) is 31.9 Å². The topological polar surface area (TPSA) is 35.5 Å². The Morgan fingerprint density at radius 2 is 1.73 bits per heavy atom. The van der Waals surface area contributed by atoms with Crippen molar-refractivity contribution in [3.63, 3.8) is 0 Å². The van der Waals surface area contributed by atoms with Crippen LogP contribution in [0, 0.1) is 26.2 Å². The van der Waals surface area contributed by atoms with E-state index in [4.69, 9.17) is 15.9 Å². The van der Waals surface area contributed by atoms with Gasteiger partial charge in [0.2, 0.25) is 0 Å². The van der Waals surface area contributed by atoms with Crippen LogP contribution in [0.5, 0.6) is 5.75 Å². The highest BCUT2D eigenvalue weighted by Gasteiger charge is 2.36. The summed E-state index contributed by atoms with van der Waals surface area (Å²) >= 11 is 0. The van der Waals surface area contributed by atoms with Crippen molar-refractivity contribution in [2.75, 3.05) is 18.1 Å². The predicted octanol–water partition coefficient (Wildman–Crippen LogP) is 4.33. The van der Waals surface area contributed by atoms with Crippen LogP contribution in [0.2, 0.25) is 0 Å². The molecule has 1 aromatic carbocycles. The number of carbonyl (C=O) groups excluding carboxylic acids is 1. The Balaban J connectivity index is 1.62. The molecule has 1 aliphatic heterocycles. The molecular formula is C22H29O3S+. The molecule has 26 heavy (non-hydrogen) atoms. The second kappa shape index (κ2) is 8.39. The molecule has 1 heterocycles. The molecule has 1 aromatic rings. The molecule has 2 aliphatic rings. The summed E-state index contributed by atoms with van der Waals surface area (Å²) in [5.41, 5.74) is 1.48. The second-order valence-electron chi connectivity index (χ2n) is 7.46. The second-order valence-corrected chi connectivity index (χ2v) is 9.73. The van der Waals surface area contributed by atoms with Crippen molar-refractivity contribution < 1.29 is 14.3 Å². The molecule has 0 N–H and O–H groups in total. The summed E-state index contributed by atoms with van der Waals surface area (Å²) in [5.74, 6) is 5.71. The van der Waals surface area contributed by atoms with Gasteiger partial charge in [0.1, 0.15) is 17.3 Å². The minimum atomic E-state index is -0.712. The monoisotopic (exact) mass is 373 g/mol. The van der Waals surface area contributed by atoms with Gasteiger partial charge in [0, 0.05) is 10.9 Å². The Bertz CT molecular complexity index is 669. The summed E-state index contributed by atoms with van der Waals surface area (Å²) in [6.07, 6.45) is 13.2. The van der Waals surface area contributed by atoms with Gasteiger partial charge in [-0.3, -0.25) is 0 Å². The molecule has 4 heteroatoms. The zero-order chi connectivity index (χ0) is 18.6. The molecule has 0 atom stereocenters. The number of carbonyl (C=O) groups is 1. The Morgan fingerprint density at radius 3 is 2.31 bits per heavy atom. The van der Waals surface area contributed by atoms with Gasteiger partial charge in [0.05, 0.1) is 0 Å². The number of aryl methyl sites for hydroxylation is 2. The zero-order valence-electron chi connectivity index (χ0n) is 15.9.